The number of amides is 1. The molecule has 5 heteroatoms. The minimum absolute atomic E-state index is 0.158. The van der Waals surface area contributed by atoms with E-state index in [0.29, 0.717) is 19.6 Å². The van der Waals surface area contributed by atoms with E-state index < -0.39 is 0 Å². The first-order valence-electron chi connectivity index (χ1n) is 6.19. The molecule has 0 unspecified atom stereocenters. The maximum absolute atomic E-state index is 11.6. The molecule has 0 aromatic rings. The van der Waals surface area contributed by atoms with Crippen molar-refractivity contribution in [2.45, 2.75) is 12.8 Å². The Balaban J connectivity index is 3.44. The topological polar surface area (TPSA) is 44.8 Å². The van der Waals surface area contributed by atoms with Gasteiger partial charge in [-0.1, -0.05) is 0 Å². The van der Waals surface area contributed by atoms with E-state index in [1.54, 1.807) is 4.90 Å². The monoisotopic (exact) mass is 245 g/mol. The first kappa shape index (κ1) is 16.4. The van der Waals surface area contributed by atoms with Crippen molar-refractivity contribution in [1.82, 2.24) is 15.1 Å². The van der Waals surface area contributed by atoms with Gasteiger partial charge in [-0.3, -0.25) is 4.79 Å². The van der Waals surface area contributed by atoms with Gasteiger partial charge < -0.3 is 19.9 Å². The molecular formula is C12H27N3O2. The summed E-state index contributed by atoms with van der Waals surface area (Å²) in [5.41, 5.74) is 0. The van der Waals surface area contributed by atoms with Crippen LogP contribution in [-0.4, -0.2) is 76.7 Å². The lowest BCUT2D eigenvalue weighted by atomic mass is 10.3. The highest BCUT2D eigenvalue weighted by Gasteiger charge is 2.07. The lowest BCUT2D eigenvalue weighted by Gasteiger charge is -2.17. The van der Waals surface area contributed by atoms with Crippen LogP contribution >= 0.6 is 0 Å². The van der Waals surface area contributed by atoms with E-state index in [1.165, 1.54) is 0 Å². The minimum Gasteiger partial charge on any atom is -0.380 e. The van der Waals surface area contributed by atoms with Crippen molar-refractivity contribution in [3.8, 4) is 0 Å². The van der Waals surface area contributed by atoms with E-state index >= 15 is 0 Å². The zero-order valence-corrected chi connectivity index (χ0v) is 11.7. The quantitative estimate of drug-likeness (QED) is 0.551. The Kier molecular flexibility index (Phi) is 10.1. The third-order valence-electron chi connectivity index (χ3n) is 2.49. The van der Waals surface area contributed by atoms with Crippen LogP contribution in [0.3, 0.4) is 0 Å². The fourth-order valence-corrected chi connectivity index (χ4v) is 1.32. The Morgan fingerprint density at radius 3 is 2.47 bits per heavy atom. The molecule has 0 fully saturated rings. The molecule has 0 bridgehead atoms. The number of nitrogens with one attached hydrogen (secondary N) is 1. The van der Waals surface area contributed by atoms with E-state index in [-0.39, 0.29) is 5.91 Å². The summed E-state index contributed by atoms with van der Waals surface area (Å²) in [5, 5.41) is 3.07. The number of ether oxygens (including phenoxy) is 1. The maximum Gasteiger partial charge on any atom is 0.224 e. The van der Waals surface area contributed by atoms with Gasteiger partial charge in [-0.15, -0.1) is 0 Å². The molecule has 5 nitrogen and oxygen atoms in total. The molecule has 0 spiro atoms. The van der Waals surface area contributed by atoms with Gasteiger partial charge in [0.1, 0.15) is 0 Å². The Morgan fingerprint density at radius 2 is 1.88 bits per heavy atom. The second-order valence-corrected chi connectivity index (χ2v) is 4.44. The summed E-state index contributed by atoms with van der Waals surface area (Å²) in [4.78, 5) is 15.5. The van der Waals surface area contributed by atoms with Gasteiger partial charge in [0.05, 0.1) is 19.6 Å². The van der Waals surface area contributed by atoms with Crippen LogP contribution in [0.15, 0.2) is 0 Å². The van der Waals surface area contributed by atoms with E-state index in [4.69, 9.17) is 4.74 Å². The number of rotatable bonds is 10. The van der Waals surface area contributed by atoms with Crippen LogP contribution in [0, 0.1) is 0 Å². The average molecular weight is 245 g/mol. The molecule has 0 saturated carbocycles. The van der Waals surface area contributed by atoms with E-state index in [9.17, 15) is 4.79 Å². The normalized spacial score (nSPS) is 10.9. The van der Waals surface area contributed by atoms with Crippen LogP contribution in [0.4, 0.5) is 0 Å². The van der Waals surface area contributed by atoms with E-state index in [1.807, 2.05) is 28.2 Å². The molecule has 17 heavy (non-hydrogen) atoms. The zero-order valence-electron chi connectivity index (χ0n) is 11.7. The van der Waals surface area contributed by atoms with E-state index in [2.05, 4.69) is 10.2 Å². The zero-order chi connectivity index (χ0) is 13.1. The number of likely N-dealkylation sites (N-methyl/N-ethyl adjacent to an activating group) is 1. The summed E-state index contributed by atoms with van der Waals surface area (Å²) in [6.07, 6.45) is 1.46. The fraction of sp³-hybridized carbons (Fsp3) is 0.917. The number of carbonyl (C=O) groups is 1. The number of hydrogen-bond acceptors (Lipinski definition) is 4. The van der Waals surface area contributed by atoms with Crippen molar-refractivity contribution < 1.29 is 9.53 Å². The van der Waals surface area contributed by atoms with E-state index in [0.717, 1.165) is 26.1 Å². The van der Waals surface area contributed by atoms with Crippen LogP contribution < -0.4 is 5.32 Å². The van der Waals surface area contributed by atoms with Crippen molar-refractivity contribution >= 4 is 5.91 Å². The second-order valence-electron chi connectivity index (χ2n) is 4.44. The summed E-state index contributed by atoms with van der Waals surface area (Å²) in [7, 11) is 7.77. The lowest BCUT2D eigenvalue weighted by molar-refractivity contribution is -0.131. The van der Waals surface area contributed by atoms with Gasteiger partial charge in [0.25, 0.3) is 0 Å². The van der Waals surface area contributed by atoms with Crippen LogP contribution in [0.25, 0.3) is 0 Å². The SMILES string of the molecule is CNCCCN(C)C(=O)CCOCCN(C)C. The van der Waals surface area contributed by atoms with Crippen molar-refractivity contribution in [1.29, 1.82) is 0 Å². The fourth-order valence-electron chi connectivity index (χ4n) is 1.32. The molecule has 0 aromatic heterocycles. The highest BCUT2D eigenvalue weighted by Crippen LogP contribution is 1.94. The number of hydrogen-bond donors (Lipinski definition) is 1. The van der Waals surface area contributed by atoms with Crippen molar-refractivity contribution in [2.75, 3.05) is 61.0 Å². The lowest BCUT2D eigenvalue weighted by Crippen LogP contribution is -2.30. The Bertz CT molecular complexity index is 198. The van der Waals surface area contributed by atoms with Gasteiger partial charge in [-0.05, 0) is 34.1 Å². The smallest absolute Gasteiger partial charge is 0.224 e. The summed E-state index contributed by atoms with van der Waals surface area (Å²) in [5.74, 6) is 0.158. The molecule has 1 N–H and O–H groups in total. The molecular weight excluding hydrogens is 218 g/mol. The Morgan fingerprint density at radius 1 is 1.18 bits per heavy atom. The summed E-state index contributed by atoms with van der Waals surface area (Å²) in [6.45, 7) is 3.84. The minimum atomic E-state index is 0.158. The molecule has 0 aromatic carbocycles. The summed E-state index contributed by atoms with van der Waals surface area (Å²) in [6, 6.07) is 0. The first-order valence-corrected chi connectivity index (χ1v) is 6.19. The predicted molar refractivity (Wildman–Crippen MR) is 70.2 cm³/mol. The second kappa shape index (κ2) is 10.5. The molecule has 0 radical (unpaired) electrons. The van der Waals surface area contributed by atoms with Gasteiger partial charge in [0, 0.05) is 20.1 Å². The first-order chi connectivity index (χ1) is 8.07. The predicted octanol–water partition coefficient (Wildman–Crippen LogP) is 0.0226. The van der Waals surface area contributed by atoms with Gasteiger partial charge in [0.15, 0.2) is 0 Å². The molecule has 1 amide bonds. The van der Waals surface area contributed by atoms with Crippen molar-refractivity contribution in [3.05, 3.63) is 0 Å². The van der Waals surface area contributed by atoms with Gasteiger partial charge in [0.2, 0.25) is 5.91 Å². The van der Waals surface area contributed by atoms with Crippen molar-refractivity contribution in [3.63, 3.8) is 0 Å². The molecule has 0 rings (SSSR count). The molecule has 0 heterocycles. The highest BCUT2D eigenvalue weighted by atomic mass is 16.5. The highest BCUT2D eigenvalue weighted by molar-refractivity contribution is 5.75. The van der Waals surface area contributed by atoms with Gasteiger partial charge in [-0.2, -0.15) is 0 Å². The maximum atomic E-state index is 11.6. The molecule has 0 aliphatic carbocycles. The van der Waals surface area contributed by atoms with Crippen LogP contribution in [0.2, 0.25) is 0 Å². The molecule has 0 aliphatic rings. The van der Waals surface area contributed by atoms with Crippen LogP contribution in [0.1, 0.15) is 12.8 Å². The van der Waals surface area contributed by atoms with Gasteiger partial charge >= 0.3 is 0 Å². The van der Waals surface area contributed by atoms with Gasteiger partial charge in [-0.25, -0.2) is 0 Å². The number of carbonyl (C=O) groups excluding carboxylic acids is 1. The molecule has 0 saturated heterocycles. The molecule has 0 atom stereocenters. The third kappa shape index (κ3) is 10.2. The molecule has 0 aliphatic heterocycles. The summed E-state index contributed by atoms with van der Waals surface area (Å²) < 4.78 is 5.39. The van der Waals surface area contributed by atoms with Crippen molar-refractivity contribution in [2.24, 2.45) is 0 Å². The Hall–Kier alpha value is -0.650. The standard InChI is InChI=1S/C12H27N3O2/c1-13-7-5-8-15(4)12(16)6-10-17-11-9-14(2)3/h13H,5-11H2,1-4H3. The Labute approximate surface area is 105 Å². The molecule has 102 valence electrons. The van der Waals surface area contributed by atoms with Crippen LogP contribution in [-0.2, 0) is 9.53 Å². The number of nitrogens with zero attached hydrogens (tertiary/aromatic N) is 2. The summed E-state index contributed by atoms with van der Waals surface area (Å²) >= 11 is 0. The largest absolute Gasteiger partial charge is 0.380 e. The third-order valence-corrected chi connectivity index (χ3v) is 2.49. The van der Waals surface area contributed by atoms with Crippen LogP contribution in [0.5, 0.6) is 0 Å². The average Bonchev–Trinajstić information content (AvgIpc) is 2.28.